The van der Waals surface area contributed by atoms with Gasteiger partial charge in [0.15, 0.2) is 0 Å². The van der Waals surface area contributed by atoms with Gasteiger partial charge in [0.2, 0.25) is 0 Å². The van der Waals surface area contributed by atoms with Crippen molar-refractivity contribution < 1.29 is 14.3 Å². The van der Waals surface area contributed by atoms with Gasteiger partial charge in [0, 0.05) is 4.47 Å². The molecule has 0 fully saturated rings. The highest BCUT2D eigenvalue weighted by atomic mass is 79.9. The summed E-state index contributed by atoms with van der Waals surface area (Å²) < 4.78 is 11.1. The number of ether oxygens (including phenoxy) is 2. The number of halogens is 1. The molecule has 0 heterocycles. The van der Waals surface area contributed by atoms with Crippen molar-refractivity contribution in [1.82, 2.24) is 0 Å². The Bertz CT molecular complexity index is 325. The van der Waals surface area contributed by atoms with E-state index in [1.54, 1.807) is 6.92 Å². The van der Waals surface area contributed by atoms with Gasteiger partial charge in [-0.1, -0.05) is 22.0 Å². The number of carbonyl (C=O) groups excluding carboxylic acids is 1. The first kappa shape index (κ1) is 12.0. The predicted molar refractivity (Wildman–Crippen MR) is 60.9 cm³/mol. The summed E-state index contributed by atoms with van der Waals surface area (Å²) in [5.41, 5.74) is 0. The van der Waals surface area contributed by atoms with Gasteiger partial charge < -0.3 is 9.47 Å². The standard InChI is InChI=1S/C11H13BrO3/c1-2-14-11(13)6-7-15-10-5-3-4-9(12)8-10/h3-5,8H,2,6-7H2,1H3. The van der Waals surface area contributed by atoms with Crippen LogP contribution in [0.3, 0.4) is 0 Å². The summed E-state index contributed by atoms with van der Waals surface area (Å²) >= 11 is 3.34. The molecule has 0 saturated heterocycles. The molecule has 82 valence electrons. The Hall–Kier alpha value is -1.03. The molecular formula is C11H13BrO3. The third-order valence-corrected chi connectivity index (χ3v) is 2.17. The maximum atomic E-state index is 11.0. The molecule has 15 heavy (non-hydrogen) atoms. The van der Waals surface area contributed by atoms with Gasteiger partial charge in [-0.3, -0.25) is 4.79 Å². The third kappa shape index (κ3) is 4.83. The molecule has 0 saturated carbocycles. The van der Waals surface area contributed by atoms with Gasteiger partial charge in [-0.05, 0) is 25.1 Å². The molecule has 0 aliphatic heterocycles. The molecule has 0 unspecified atom stereocenters. The molecule has 0 aliphatic carbocycles. The van der Waals surface area contributed by atoms with Gasteiger partial charge in [0.05, 0.1) is 19.6 Å². The van der Waals surface area contributed by atoms with Gasteiger partial charge in [-0.2, -0.15) is 0 Å². The van der Waals surface area contributed by atoms with Crippen LogP contribution in [0, 0.1) is 0 Å². The van der Waals surface area contributed by atoms with E-state index in [0.29, 0.717) is 13.2 Å². The molecular weight excluding hydrogens is 260 g/mol. The van der Waals surface area contributed by atoms with Crippen LogP contribution < -0.4 is 4.74 Å². The Morgan fingerprint density at radius 3 is 2.93 bits per heavy atom. The molecule has 4 heteroatoms. The molecule has 0 atom stereocenters. The lowest BCUT2D eigenvalue weighted by Gasteiger charge is -2.05. The molecule has 1 rings (SSSR count). The summed E-state index contributed by atoms with van der Waals surface area (Å²) in [5.74, 6) is 0.515. The molecule has 0 bridgehead atoms. The smallest absolute Gasteiger partial charge is 0.309 e. The maximum Gasteiger partial charge on any atom is 0.309 e. The van der Waals surface area contributed by atoms with Crippen LogP contribution in [0.25, 0.3) is 0 Å². The lowest BCUT2D eigenvalue weighted by Crippen LogP contribution is -2.09. The molecule has 1 aromatic carbocycles. The first-order chi connectivity index (χ1) is 7.22. The van der Waals surface area contributed by atoms with E-state index in [0.717, 1.165) is 10.2 Å². The van der Waals surface area contributed by atoms with Gasteiger partial charge in [0.1, 0.15) is 5.75 Å². The Morgan fingerprint density at radius 2 is 2.27 bits per heavy atom. The molecule has 3 nitrogen and oxygen atoms in total. The lowest BCUT2D eigenvalue weighted by molar-refractivity contribution is -0.143. The van der Waals surface area contributed by atoms with Crippen molar-refractivity contribution in [3.05, 3.63) is 28.7 Å². The number of carbonyl (C=O) groups is 1. The highest BCUT2D eigenvalue weighted by Gasteiger charge is 2.01. The van der Waals surface area contributed by atoms with Gasteiger partial charge in [-0.25, -0.2) is 0 Å². The maximum absolute atomic E-state index is 11.0. The Balaban J connectivity index is 2.28. The van der Waals surface area contributed by atoms with Crippen LogP contribution in [0.4, 0.5) is 0 Å². The first-order valence-electron chi connectivity index (χ1n) is 4.76. The fourth-order valence-electron chi connectivity index (χ4n) is 1.04. The zero-order valence-corrected chi connectivity index (χ0v) is 10.1. The number of rotatable bonds is 5. The van der Waals surface area contributed by atoms with Crippen LogP contribution in [0.15, 0.2) is 28.7 Å². The van der Waals surface area contributed by atoms with Crippen LogP contribution in [0.2, 0.25) is 0 Å². The second kappa shape index (κ2) is 6.45. The monoisotopic (exact) mass is 272 g/mol. The van der Waals surface area contributed by atoms with E-state index in [-0.39, 0.29) is 12.4 Å². The van der Waals surface area contributed by atoms with Crippen molar-refractivity contribution in [2.24, 2.45) is 0 Å². The van der Waals surface area contributed by atoms with Crippen LogP contribution in [0.1, 0.15) is 13.3 Å². The average Bonchev–Trinajstić information content (AvgIpc) is 2.18. The van der Waals surface area contributed by atoms with Crippen molar-refractivity contribution in [1.29, 1.82) is 0 Å². The fraction of sp³-hybridized carbons (Fsp3) is 0.364. The van der Waals surface area contributed by atoms with Crippen LogP contribution in [0.5, 0.6) is 5.75 Å². The van der Waals surface area contributed by atoms with Gasteiger partial charge in [0.25, 0.3) is 0 Å². The van der Waals surface area contributed by atoms with E-state index in [1.165, 1.54) is 0 Å². The molecule has 0 spiro atoms. The van der Waals surface area contributed by atoms with Crippen molar-refractivity contribution in [3.63, 3.8) is 0 Å². The van der Waals surface area contributed by atoms with Crippen molar-refractivity contribution >= 4 is 21.9 Å². The Kier molecular flexibility index (Phi) is 5.18. The topological polar surface area (TPSA) is 35.5 Å². The Labute approximate surface area is 97.5 Å². The summed E-state index contributed by atoms with van der Waals surface area (Å²) in [5, 5.41) is 0. The quantitative estimate of drug-likeness (QED) is 0.774. The van der Waals surface area contributed by atoms with E-state index in [9.17, 15) is 4.79 Å². The fourth-order valence-corrected chi connectivity index (χ4v) is 1.42. The van der Waals surface area contributed by atoms with Gasteiger partial charge >= 0.3 is 5.97 Å². The van der Waals surface area contributed by atoms with E-state index in [1.807, 2.05) is 24.3 Å². The zero-order chi connectivity index (χ0) is 11.1. The molecule has 1 aromatic rings. The summed E-state index contributed by atoms with van der Waals surface area (Å²) in [7, 11) is 0. The minimum absolute atomic E-state index is 0.229. The SMILES string of the molecule is CCOC(=O)CCOc1cccc(Br)c1. The highest BCUT2D eigenvalue weighted by Crippen LogP contribution is 2.17. The van der Waals surface area contributed by atoms with Crippen LogP contribution in [-0.4, -0.2) is 19.2 Å². The number of benzene rings is 1. The second-order valence-corrected chi connectivity index (χ2v) is 3.78. The average molecular weight is 273 g/mol. The number of hydrogen-bond donors (Lipinski definition) is 0. The zero-order valence-electron chi connectivity index (χ0n) is 8.53. The van der Waals surface area contributed by atoms with Crippen LogP contribution >= 0.6 is 15.9 Å². The number of hydrogen-bond acceptors (Lipinski definition) is 3. The largest absolute Gasteiger partial charge is 0.493 e. The van der Waals surface area contributed by atoms with Gasteiger partial charge in [-0.15, -0.1) is 0 Å². The van der Waals surface area contributed by atoms with E-state index < -0.39 is 0 Å². The predicted octanol–water partition coefficient (Wildman–Crippen LogP) is 2.78. The third-order valence-electron chi connectivity index (χ3n) is 1.68. The van der Waals surface area contributed by atoms with E-state index >= 15 is 0 Å². The van der Waals surface area contributed by atoms with E-state index in [2.05, 4.69) is 15.9 Å². The normalized spacial score (nSPS) is 9.73. The first-order valence-corrected chi connectivity index (χ1v) is 5.55. The van der Waals surface area contributed by atoms with Crippen molar-refractivity contribution in [2.75, 3.05) is 13.2 Å². The summed E-state index contributed by atoms with van der Waals surface area (Å²) in [6.45, 7) is 2.54. The summed E-state index contributed by atoms with van der Waals surface area (Å²) in [6, 6.07) is 7.49. The van der Waals surface area contributed by atoms with Crippen molar-refractivity contribution in [3.8, 4) is 5.75 Å². The van der Waals surface area contributed by atoms with Crippen molar-refractivity contribution in [2.45, 2.75) is 13.3 Å². The molecule has 0 amide bonds. The second-order valence-electron chi connectivity index (χ2n) is 2.86. The minimum Gasteiger partial charge on any atom is -0.493 e. The minimum atomic E-state index is -0.229. The summed E-state index contributed by atoms with van der Waals surface area (Å²) in [6.07, 6.45) is 0.278. The van der Waals surface area contributed by atoms with Crippen LogP contribution in [-0.2, 0) is 9.53 Å². The molecule has 0 aliphatic rings. The number of esters is 1. The molecule has 0 aromatic heterocycles. The Morgan fingerprint density at radius 1 is 1.47 bits per heavy atom. The highest BCUT2D eigenvalue weighted by molar-refractivity contribution is 9.10. The van der Waals surface area contributed by atoms with E-state index in [4.69, 9.17) is 9.47 Å². The summed E-state index contributed by atoms with van der Waals surface area (Å²) in [4.78, 5) is 11.0. The molecule has 0 radical (unpaired) electrons. The molecule has 0 N–H and O–H groups in total. The lowest BCUT2D eigenvalue weighted by atomic mass is 10.3.